The molecule has 0 N–H and O–H groups in total. The first kappa shape index (κ1) is 15.4. The first-order valence-corrected chi connectivity index (χ1v) is 8.35. The number of carbonyl (C=O) groups excluding carboxylic acids is 1. The number of benzene rings is 2. The monoisotopic (exact) mass is 302 g/mol. The maximum Gasteiger partial charge on any atom is 0.185 e. The minimum absolute atomic E-state index is 0.181. The third-order valence-corrected chi connectivity index (χ3v) is 5.01. The largest absolute Gasteiger partial charge is 0.293 e. The Morgan fingerprint density at radius 2 is 1.48 bits per heavy atom. The van der Waals surface area contributed by atoms with E-state index in [0.717, 1.165) is 16.7 Å². The van der Waals surface area contributed by atoms with Crippen molar-refractivity contribution in [3.63, 3.8) is 0 Å². The van der Waals surface area contributed by atoms with Crippen LogP contribution in [0.4, 0.5) is 0 Å². The van der Waals surface area contributed by atoms with Crippen molar-refractivity contribution < 1.29 is 13.2 Å². The highest BCUT2D eigenvalue weighted by atomic mass is 32.2. The molecule has 0 aliphatic carbocycles. The quantitative estimate of drug-likeness (QED) is 0.815. The molecule has 0 unspecified atom stereocenters. The van der Waals surface area contributed by atoms with Gasteiger partial charge in [-0.25, -0.2) is 8.42 Å². The van der Waals surface area contributed by atoms with E-state index in [1.165, 1.54) is 12.1 Å². The van der Waals surface area contributed by atoms with Crippen LogP contribution in [0.1, 0.15) is 27.0 Å². The van der Waals surface area contributed by atoms with E-state index >= 15 is 0 Å². The van der Waals surface area contributed by atoms with Crippen LogP contribution >= 0.6 is 0 Å². The number of hydrogen-bond donors (Lipinski definition) is 0. The number of aryl methyl sites for hydroxylation is 3. The normalized spacial score (nSPS) is 11.4. The van der Waals surface area contributed by atoms with E-state index in [2.05, 4.69) is 0 Å². The van der Waals surface area contributed by atoms with E-state index in [1.807, 2.05) is 32.9 Å². The van der Waals surface area contributed by atoms with Crippen molar-refractivity contribution >= 4 is 15.6 Å². The molecule has 0 aliphatic rings. The molecule has 2 aromatic rings. The Bertz CT molecular complexity index is 752. The minimum Gasteiger partial charge on any atom is -0.293 e. The average molecular weight is 302 g/mol. The molecule has 2 aromatic carbocycles. The lowest BCUT2D eigenvalue weighted by Crippen LogP contribution is -2.18. The highest BCUT2D eigenvalue weighted by Crippen LogP contribution is 2.19. The fourth-order valence-corrected chi connectivity index (χ4v) is 3.80. The van der Waals surface area contributed by atoms with Gasteiger partial charge in [-0.1, -0.05) is 35.9 Å². The number of hydrogen-bond acceptors (Lipinski definition) is 3. The van der Waals surface area contributed by atoms with Gasteiger partial charge in [-0.3, -0.25) is 4.79 Å². The molecule has 0 aromatic heterocycles. The van der Waals surface area contributed by atoms with Gasteiger partial charge in [-0.05, 0) is 44.0 Å². The van der Waals surface area contributed by atoms with Crippen LogP contribution < -0.4 is 0 Å². The van der Waals surface area contributed by atoms with Crippen molar-refractivity contribution in [1.29, 1.82) is 0 Å². The Morgan fingerprint density at radius 3 is 2.00 bits per heavy atom. The summed E-state index contributed by atoms with van der Waals surface area (Å²) < 4.78 is 24.6. The topological polar surface area (TPSA) is 51.2 Å². The molecule has 0 saturated carbocycles. The van der Waals surface area contributed by atoms with Gasteiger partial charge in [0, 0.05) is 5.56 Å². The summed E-state index contributed by atoms with van der Waals surface area (Å²) in [6.45, 7) is 5.62. The summed E-state index contributed by atoms with van der Waals surface area (Å²) in [7, 11) is -3.60. The third-order valence-electron chi connectivity index (χ3n) is 3.38. The summed E-state index contributed by atoms with van der Waals surface area (Å²) in [6, 6.07) is 11.9. The van der Waals surface area contributed by atoms with Crippen LogP contribution in [-0.4, -0.2) is 20.0 Å². The lowest BCUT2D eigenvalue weighted by atomic mass is 9.97. The van der Waals surface area contributed by atoms with Crippen molar-refractivity contribution in [3.8, 4) is 0 Å². The van der Waals surface area contributed by atoms with Gasteiger partial charge < -0.3 is 0 Å². The highest BCUT2D eigenvalue weighted by molar-refractivity contribution is 7.92. The van der Waals surface area contributed by atoms with Crippen LogP contribution in [0, 0.1) is 20.8 Å². The number of ketones is 1. The fourth-order valence-electron chi connectivity index (χ4n) is 2.58. The summed E-state index contributed by atoms with van der Waals surface area (Å²) in [6.07, 6.45) is 0. The van der Waals surface area contributed by atoms with E-state index in [-0.39, 0.29) is 10.7 Å². The SMILES string of the molecule is Cc1cc(C)c(C(=O)CS(=O)(=O)c2ccccc2)c(C)c1. The first-order valence-electron chi connectivity index (χ1n) is 6.70. The molecule has 110 valence electrons. The fraction of sp³-hybridized carbons (Fsp3) is 0.235. The predicted octanol–water partition coefficient (Wildman–Crippen LogP) is 3.27. The maximum absolute atomic E-state index is 12.4. The number of Topliss-reactive ketones (excluding diaryl/α,β-unsaturated/α-hetero) is 1. The Kier molecular flexibility index (Phi) is 4.28. The highest BCUT2D eigenvalue weighted by Gasteiger charge is 2.22. The molecule has 0 bridgehead atoms. The minimum atomic E-state index is -3.60. The zero-order valence-electron chi connectivity index (χ0n) is 12.4. The van der Waals surface area contributed by atoms with Crippen LogP contribution in [0.15, 0.2) is 47.4 Å². The van der Waals surface area contributed by atoms with Crippen molar-refractivity contribution in [2.45, 2.75) is 25.7 Å². The first-order chi connectivity index (χ1) is 9.81. The van der Waals surface area contributed by atoms with Gasteiger partial charge in [0.05, 0.1) is 4.90 Å². The number of rotatable bonds is 4. The summed E-state index contributed by atoms with van der Waals surface area (Å²) in [5.41, 5.74) is 3.22. The molecule has 0 saturated heterocycles. The standard InChI is InChI=1S/C17H18O3S/c1-12-9-13(2)17(14(3)10-12)16(18)11-21(19,20)15-7-5-4-6-8-15/h4-10H,11H2,1-3H3. The van der Waals surface area contributed by atoms with E-state index < -0.39 is 15.6 Å². The molecule has 3 nitrogen and oxygen atoms in total. The molecule has 21 heavy (non-hydrogen) atoms. The maximum atomic E-state index is 12.4. The summed E-state index contributed by atoms with van der Waals surface area (Å²) >= 11 is 0. The second kappa shape index (κ2) is 5.82. The Morgan fingerprint density at radius 1 is 0.952 bits per heavy atom. The lowest BCUT2D eigenvalue weighted by Gasteiger charge is -2.10. The lowest BCUT2D eigenvalue weighted by molar-refractivity contribution is 0.102. The summed E-state index contributed by atoms with van der Waals surface area (Å²) in [4.78, 5) is 12.6. The Balaban J connectivity index is 2.35. The molecule has 0 atom stereocenters. The van der Waals surface area contributed by atoms with Gasteiger partial charge in [-0.15, -0.1) is 0 Å². The molecule has 0 radical (unpaired) electrons. The van der Waals surface area contributed by atoms with Gasteiger partial charge in [0.1, 0.15) is 5.75 Å². The number of sulfone groups is 1. The van der Waals surface area contributed by atoms with Crippen LogP contribution in [0.2, 0.25) is 0 Å². The van der Waals surface area contributed by atoms with Gasteiger partial charge in [0.15, 0.2) is 15.6 Å². The van der Waals surface area contributed by atoms with Gasteiger partial charge in [-0.2, -0.15) is 0 Å². The van der Waals surface area contributed by atoms with E-state index in [9.17, 15) is 13.2 Å². The van der Waals surface area contributed by atoms with Crippen molar-refractivity contribution in [2.75, 3.05) is 5.75 Å². The Labute approximate surface area is 125 Å². The molecule has 0 fully saturated rings. The van der Waals surface area contributed by atoms with Crippen molar-refractivity contribution in [1.82, 2.24) is 0 Å². The molecule has 0 spiro atoms. The van der Waals surface area contributed by atoms with E-state index in [1.54, 1.807) is 18.2 Å². The second-order valence-corrected chi connectivity index (χ2v) is 7.26. The predicted molar refractivity (Wildman–Crippen MR) is 83.5 cm³/mol. The molecule has 0 amide bonds. The molecule has 0 aliphatic heterocycles. The zero-order valence-corrected chi connectivity index (χ0v) is 13.2. The summed E-state index contributed by atoms with van der Waals surface area (Å²) in [5, 5.41) is 0. The zero-order chi connectivity index (χ0) is 15.6. The molecular formula is C17H18O3S. The van der Waals surface area contributed by atoms with Crippen LogP contribution in [0.25, 0.3) is 0 Å². The summed E-state index contributed by atoms with van der Waals surface area (Å²) in [5.74, 6) is -0.851. The molecular weight excluding hydrogens is 284 g/mol. The van der Waals surface area contributed by atoms with Crippen molar-refractivity contribution in [3.05, 3.63) is 64.7 Å². The van der Waals surface area contributed by atoms with Crippen LogP contribution in [0.5, 0.6) is 0 Å². The smallest absolute Gasteiger partial charge is 0.185 e. The van der Waals surface area contributed by atoms with Crippen LogP contribution in [-0.2, 0) is 9.84 Å². The molecule has 2 rings (SSSR count). The average Bonchev–Trinajstić information content (AvgIpc) is 2.37. The van der Waals surface area contributed by atoms with Gasteiger partial charge >= 0.3 is 0 Å². The van der Waals surface area contributed by atoms with E-state index in [4.69, 9.17) is 0 Å². The Hall–Kier alpha value is -1.94. The van der Waals surface area contributed by atoms with Crippen molar-refractivity contribution in [2.24, 2.45) is 0 Å². The number of carbonyl (C=O) groups is 1. The van der Waals surface area contributed by atoms with E-state index in [0.29, 0.717) is 5.56 Å². The third kappa shape index (κ3) is 3.39. The van der Waals surface area contributed by atoms with Gasteiger partial charge in [0.25, 0.3) is 0 Å². The molecule has 4 heteroatoms. The second-order valence-electron chi connectivity index (χ2n) is 5.27. The van der Waals surface area contributed by atoms with Gasteiger partial charge in [0.2, 0.25) is 0 Å². The molecule has 0 heterocycles. The van der Waals surface area contributed by atoms with Crippen LogP contribution in [0.3, 0.4) is 0 Å².